The highest BCUT2D eigenvalue weighted by atomic mass is 16.2. The van der Waals surface area contributed by atoms with Crippen LogP contribution in [-0.4, -0.2) is 45.1 Å². The Kier molecular flexibility index (Phi) is 4.98. The molecule has 0 unspecified atom stereocenters. The van der Waals surface area contributed by atoms with Crippen LogP contribution in [0.2, 0.25) is 0 Å². The monoisotopic (exact) mass is 413 g/mol. The molecule has 3 aromatic rings. The van der Waals surface area contributed by atoms with Gasteiger partial charge in [0.05, 0.1) is 0 Å². The number of hydrogen-bond acceptors (Lipinski definition) is 4. The van der Waals surface area contributed by atoms with Crippen LogP contribution < -0.4 is 0 Å². The van der Waals surface area contributed by atoms with E-state index in [2.05, 4.69) is 4.98 Å². The van der Waals surface area contributed by atoms with Crippen LogP contribution in [0.25, 0.3) is 10.8 Å². The number of hydrogen-bond donors (Lipinski definition) is 0. The zero-order valence-corrected chi connectivity index (χ0v) is 17.2. The predicted molar refractivity (Wildman–Crippen MR) is 116 cm³/mol. The molecule has 2 aromatic carbocycles. The van der Waals surface area contributed by atoms with E-state index in [1.54, 1.807) is 24.5 Å². The summed E-state index contributed by atoms with van der Waals surface area (Å²) in [7, 11) is 0. The third-order valence-electron chi connectivity index (χ3n) is 6.04. The standard InChI is InChI=1S/C25H23N3O3/c29-22(28(19-9-10-19)16-17-11-13-26-14-12-17)8-3-15-27-24(30)20-6-1-4-18-5-2-7-21(23(18)20)25(27)31/h1-2,4-7,11-14,19H,3,8-10,15-16H2. The van der Waals surface area contributed by atoms with E-state index in [0.717, 1.165) is 29.2 Å². The minimum absolute atomic E-state index is 0.0683. The third-order valence-corrected chi connectivity index (χ3v) is 6.04. The van der Waals surface area contributed by atoms with E-state index >= 15 is 0 Å². The molecule has 1 saturated carbocycles. The summed E-state index contributed by atoms with van der Waals surface area (Å²) in [4.78, 5) is 46.1. The molecule has 0 radical (unpaired) electrons. The van der Waals surface area contributed by atoms with Gasteiger partial charge >= 0.3 is 0 Å². The first-order chi connectivity index (χ1) is 15.1. The highest BCUT2D eigenvalue weighted by Crippen LogP contribution is 2.31. The third kappa shape index (κ3) is 3.69. The second-order valence-electron chi connectivity index (χ2n) is 8.18. The first-order valence-electron chi connectivity index (χ1n) is 10.7. The van der Waals surface area contributed by atoms with Gasteiger partial charge in [0.25, 0.3) is 11.8 Å². The number of carbonyl (C=O) groups excluding carboxylic acids is 3. The van der Waals surface area contributed by atoms with Crippen LogP contribution in [0, 0.1) is 0 Å². The van der Waals surface area contributed by atoms with Crippen LogP contribution in [-0.2, 0) is 11.3 Å². The predicted octanol–water partition coefficient (Wildman–Crippen LogP) is 3.80. The molecule has 0 atom stereocenters. The van der Waals surface area contributed by atoms with Gasteiger partial charge in [0.15, 0.2) is 0 Å². The van der Waals surface area contributed by atoms with Gasteiger partial charge in [-0.2, -0.15) is 0 Å². The molecular formula is C25H23N3O3. The van der Waals surface area contributed by atoms with Crippen molar-refractivity contribution in [3.05, 3.63) is 77.6 Å². The molecular weight excluding hydrogens is 390 g/mol. The molecule has 1 aliphatic carbocycles. The smallest absolute Gasteiger partial charge is 0.261 e. The lowest BCUT2D eigenvalue weighted by atomic mass is 9.94. The number of rotatable bonds is 7. The Hall–Kier alpha value is -3.54. The summed E-state index contributed by atoms with van der Waals surface area (Å²) >= 11 is 0. The second kappa shape index (κ2) is 7.95. The second-order valence-corrected chi connectivity index (χ2v) is 8.18. The molecule has 0 spiro atoms. The van der Waals surface area contributed by atoms with Gasteiger partial charge in [0.2, 0.25) is 5.91 Å². The van der Waals surface area contributed by atoms with Crippen molar-refractivity contribution in [1.29, 1.82) is 0 Å². The van der Waals surface area contributed by atoms with Gasteiger partial charge in [-0.3, -0.25) is 24.3 Å². The Morgan fingerprint density at radius 3 is 2.23 bits per heavy atom. The fourth-order valence-corrected chi connectivity index (χ4v) is 4.31. The minimum atomic E-state index is -0.280. The van der Waals surface area contributed by atoms with E-state index in [-0.39, 0.29) is 24.3 Å². The Morgan fingerprint density at radius 1 is 0.968 bits per heavy atom. The molecule has 0 saturated heterocycles. The lowest BCUT2D eigenvalue weighted by Crippen LogP contribution is -2.41. The van der Waals surface area contributed by atoms with E-state index in [9.17, 15) is 14.4 Å². The summed E-state index contributed by atoms with van der Waals surface area (Å²) in [5, 5.41) is 1.62. The highest BCUT2D eigenvalue weighted by Gasteiger charge is 2.34. The lowest BCUT2D eigenvalue weighted by Gasteiger charge is -2.27. The number of pyridine rings is 1. The molecule has 1 aromatic heterocycles. The van der Waals surface area contributed by atoms with Crippen molar-refractivity contribution >= 4 is 28.5 Å². The van der Waals surface area contributed by atoms with Crippen molar-refractivity contribution in [2.75, 3.05) is 6.54 Å². The van der Waals surface area contributed by atoms with E-state index < -0.39 is 0 Å². The normalized spacial score (nSPS) is 15.4. The molecule has 0 N–H and O–H groups in total. The number of aromatic nitrogens is 1. The number of carbonyl (C=O) groups is 3. The van der Waals surface area contributed by atoms with Crippen molar-refractivity contribution in [2.24, 2.45) is 0 Å². The number of nitrogens with zero attached hydrogens (tertiary/aromatic N) is 3. The summed E-state index contributed by atoms with van der Waals surface area (Å²) in [5.41, 5.74) is 2.16. The van der Waals surface area contributed by atoms with Gasteiger partial charge < -0.3 is 4.90 Å². The topological polar surface area (TPSA) is 70.6 Å². The molecule has 1 aliphatic heterocycles. The zero-order chi connectivity index (χ0) is 21.4. The molecule has 3 amide bonds. The van der Waals surface area contributed by atoms with E-state index in [1.807, 2.05) is 41.3 Å². The maximum Gasteiger partial charge on any atom is 0.261 e. The van der Waals surface area contributed by atoms with Crippen LogP contribution in [0.5, 0.6) is 0 Å². The van der Waals surface area contributed by atoms with Crippen LogP contribution in [0.3, 0.4) is 0 Å². The fourth-order valence-electron chi connectivity index (χ4n) is 4.31. The number of imide groups is 1. The van der Waals surface area contributed by atoms with Crippen LogP contribution in [0.1, 0.15) is 52.0 Å². The Balaban J connectivity index is 1.26. The molecule has 31 heavy (non-hydrogen) atoms. The summed E-state index contributed by atoms with van der Waals surface area (Å²) in [5.74, 6) is -0.492. The van der Waals surface area contributed by atoms with E-state index in [4.69, 9.17) is 0 Å². The maximum atomic E-state index is 13.0. The van der Waals surface area contributed by atoms with Gasteiger partial charge in [-0.15, -0.1) is 0 Å². The van der Waals surface area contributed by atoms with Gasteiger partial charge in [-0.25, -0.2) is 0 Å². The SMILES string of the molecule is O=C1c2cccc3cccc(c23)C(=O)N1CCCC(=O)N(Cc1ccncc1)C1CC1. The van der Waals surface area contributed by atoms with Gasteiger partial charge in [-0.05, 0) is 54.5 Å². The molecule has 1 fully saturated rings. The molecule has 2 heterocycles. The van der Waals surface area contributed by atoms with Crippen molar-refractivity contribution in [3.8, 4) is 0 Å². The van der Waals surface area contributed by atoms with Crippen LogP contribution in [0.15, 0.2) is 60.9 Å². The van der Waals surface area contributed by atoms with Crippen LogP contribution in [0.4, 0.5) is 0 Å². The van der Waals surface area contributed by atoms with Gasteiger partial charge in [0, 0.05) is 54.5 Å². The Bertz CT molecular complexity index is 1120. The van der Waals surface area contributed by atoms with Crippen LogP contribution >= 0.6 is 0 Å². The lowest BCUT2D eigenvalue weighted by molar-refractivity contribution is -0.132. The highest BCUT2D eigenvalue weighted by molar-refractivity contribution is 6.25. The largest absolute Gasteiger partial charge is 0.335 e. The summed E-state index contributed by atoms with van der Waals surface area (Å²) in [6, 6.07) is 15.2. The Labute approximate surface area is 180 Å². The van der Waals surface area contributed by atoms with E-state index in [1.165, 1.54) is 4.90 Å². The molecule has 156 valence electrons. The number of amides is 3. The van der Waals surface area contributed by atoms with E-state index in [0.29, 0.717) is 36.6 Å². The Morgan fingerprint density at radius 2 is 1.61 bits per heavy atom. The minimum Gasteiger partial charge on any atom is -0.335 e. The van der Waals surface area contributed by atoms with Crippen molar-refractivity contribution in [3.63, 3.8) is 0 Å². The summed E-state index contributed by atoms with van der Waals surface area (Å²) < 4.78 is 0. The first-order valence-corrected chi connectivity index (χ1v) is 10.7. The molecule has 0 bridgehead atoms. The molecule has 6 heteroatoms. The molecule has 6 nitrogen and oxygen atoms in total. The average Bonchev–Trinajstić information content (AvgIpc) is 3.64. The fraction of sp³-hybridized carbons (Fsp3) is 0.280. The van der Waals surface area contributed by atoms with Gasteiger partial charge in [-0.1, -0.05) is 24.3 Å². The molecule has 5 rings (SSSR count). The summed E-state index contributed by atoms with van der Waals surface area (Å²) in [6.45, 7) is 0.810. The zero-order valence-electron chi connectivity index (χ0n) is 17.2. The van der Waals surface area contributed by atoms with Crippen molar-refractivity contribution in [1.82, 2.24) is 14.8 Å². The van der Waals surface area contributed by atoms with Gasteiger partial charge in [0.1, 0.15) is 0 Å². The number of benzene rings is 2. The maximum absolute atomic E-state index is 13.0. The van der Waals surface area contributed by atoms with Crippen molar-refractivity contribution < 1.29 is 14.4 Å². The quantitative estimate of drug-likeness (QED) is 0.553. The molecule has 2 aliphatic rings. The average molecular weight is 413 g/mol. The van der Waals surface area contributed by atoms with Crippen molar-refractivity contribution in [2.45, 2.75) is 38.3 Å². The first kappa shape index (κ1) is 19.4. The summed E-state index contributed by atoms with van der Waals surface area (Å²) in [6.07, 6.45) is 6.29.